The highest BCUT2D eigenvalue weighted by Crippen LogP contribution is 2.30. The minimum Gasteiger partial charge on any atom is -0.467 e. The smallest absolute Gasteiger partial charge is 0.416 e. The molecule has 0 atom stereocenters. The van der Waals surface area contributed by atoms with Crippen molar-refractivity contribution >= 4 is 17.0 Å². The zero-order valence-electron chi connectivity index (χ0n) is 16.6. The Kier molecular flexibility index (Phi) is 6.01. The van der Waals surface area contributed by atoms with E-state index in [2.05, 4.69) is 10.3 Å². The molecule has 0 bridgehead atoms. The summed E-state index contributed by atoms with van der Waals surface area (Å²) in [5.74, 6) is 0. The fourth-order valence-electron chi connectivity index (χ4n) is 2.78. The molecule has 7 nitrogen and oxygen atoms in total. The van der Waals surface area contributed by atoms with Crippen molar-refractivity contribution in [3.05, 3.63) is 61.7 Å². The van der Waals surface area contributed by atoms with Gasteiger partial charge < -0.3 is 9.57 Å². The highest BCUT2D eigenvalue weighted by Gasteiger charge is 2.30. The van der Waals surface area contributed by atoms with Crippen LogP contribution in [0.5, 0.6) is 6.01 Å². The van der Waals surface area contributed by atoms with Crippen LogP contribution in [0.2, 0.25) is 0 Å². The first-order chi connectivity index (χ1) is 14.1. The van der Waals surface area contributed by atoms with Gasteiger partial charge in [0.2, 0.25) is 0 Å². The molecule has 0 amide bonds. The molecular formula is C19H19F3N4O3S. The van der Waals surface area contributed by atoms with Gasteiger partial charge in [-0.15, -0.1) is 16.4 Å². The summed E-state index contributed by atoms with van der Waals surface area (Å²) in [4.78, 5) is 19.4. The Bertz CT molecular complexity index is 1140. The first-order valence-corrected chi connectivity index (χ1v) is 9.57. The van der Waals surface area contributed by atoms with Gasteiger partial charge in [-0.2, -0.15) is 13.2 Å². The van der Waals surface area contributed by atoms with Crippen molar-refractivity contribution in [1.29, 1.82) is 0 Å². The zero-order chi connectivity index (χ0) is 22.1. The maximum atomic E-state index is 12.9. The van der Waals surface area contributed by atoms with Crippen LogP contribution in [0.15, 0.2) is 40.3 Å². The van der Waals surface area contributed by atoms with E-state index in [1.54, 1.807) is 13.0 Å². The third-order valence-electron chi connectivity index (χ3n) is 4.23. The van der Waals surface area contributed by atoms with Crippen LogP contribution < -0.4 is 10.4 Å². The van der Waals surface area contributed by atoms with Crippen LogP contribution in [-0.4, -0.2) is 27.2 Å². The fourth-order valence-corrected chi connectivity index (χ4v) is 3.71. The number of alkyl halides is 3. The van der Waals surface area contributed by atoms with Gasteiger partial charge in [0, 0.05) is 11.9 Å². The summed E-state index contributed by atoms with van der Waals surface area (Å²) in [6, 6.07) is 6.79. The minimum absolute atomic E-state index is 0.0225. The molecule has 2 aromatic heterocycles. The van der Waals surface area contributed by atoms with E-state index < -0.39 is 11.7 Å². The Morgan fingerprint density at radius 2 is 2.03 bits per heavy atom. The third kappa shape index (κ3) is 4.40. The number of thiophene rings is 1. The van der Waals surface area contributed by atoms with Gasteiger partial charge in [0.15, 0.2) is 6.61 Å². The first-order valence-electron chi connectivity index (χ1n) is 8.75. The van der Waals surface area contributed by atoms with E-state index in [-0.39, 0.29) is 18.3 Å². The molecule has 0 N–H and O–H groups in total. The van der Waals surface area contributed by atoms with Crippen LogP contribution in [0, 0.1) is 6.92 Å². The number of methoxy groups -OCH3 is 1. The molecule has 1 aromatic carbocycles. The summed E-state index contributed by atoms with van der Waals surface area (Å²) in [5.41, 5.74) is 0.0206. The molecule has 160 valence electrons. The van der Waals surface area contributed by atoms with E-state index in [1.165, 1.54) is 42.2 Å². The standard InChI is InChI=1S/C19H19F3N4O3S/c1-11-8-15(26-17(28-4)23-25(3)18(26)27)16(30-11)10-29-24-12(2)13-6-5-7-14(9-13)19(20,21)22/h5-9H,10H2,1-4H3/b24-12-. The monoisotopic (exact) mass is 440 g/mol. The molecule has 0 aliphatic heterocycles. The number of hydrogen-bond acceptors (Lipinski definition) is 6. The summed E-state index contributed by atoms with van der Waals surface area (Å²) in [6.07, 6.45) is -4.43. The maximum Gasteiger partial charge on any atom is 0.416 e. The summed E-state index contributed by atoms with van der Waals surface area (Å²) >= 11 is 1.40. The van der Waals surface area contributed by atoms with E-state index in [4.69, 9.17) is 9.57 Å². The fraction of sp³-hybridized carbons (Fsp3) is 0.316. The average molecular weight is 440 g/mol. The van der Waals surface area contributed by atoms with Crippen molar-refractivity contribution < 1.29 is 22.7 Å². The van der Waals surface area contributed by atoms with Gasteiger partial charge in [0.05, 0.1) is 28.9 Å². The summed E-state index contributed by atoms with van der Waals surface area (Å²) in [5, 5.41) is 7.96. The molecule has 2 heterocycles. The lowest BCUT2D eigenvalue weighted by Gasteiger charge is -2.09. The van der Waals surface area contributed by atoms with Crippen LogP contribution in [0.25, 0.3) is 5.69 Å². The number of benzene rings is 1. The van der Waals surface area contributed by atoms with E-state index in [9.17, 15) is 18.0 Å². The molecule has 3 rings (SSSR count). The Morgan fingerprint density at radius 1 is 1.30 bits per heavy atom. The highest BCUT2D eigenvalue weighted by atomic mass is 32.1. The van der Waals surface area contributed by atoms with Crippen LogP contribution in [0.3, 0.4) is 0 Å². The van der Waals surface area contributed by atoms with Gasteiger partial charge in [0.25, 0.3) is 0 Å². The first kappa shape index (κ1) is 21.6. The third-order valence-corrected chi connectivity index (χ3v) is 5.25. The number of nitrogens with zero attached hydrogens (tertiary/aromatic N) is 4. The molecule has 0 unspecified atom stereocenters. The average Bonchev–Trinajstić information content (AvgIpc) is 3.19. The van der Waals surface area contributed by atoms with Gasteiger partial charge in [0.1, 0.15) is 0 Å². The van der Waals surface area contributed by atoms with Crippen LogP contribution >= 0.6 is 11.3 Å². The predicted octanol–water partition coefficient (Wildman–Crippen LogP) is 3.91. The summed E-state index contributed by atoms with van der Waals surface area (Å²) < 4.78 is 46.3. The molecule has 0 fully saturated rings. The topological polar surface area (TPSA) is 70.6 Å². The maximum absolute atomic E-state index is 12.9. The molecule has 0 aliphatic carbocycles. The van der Waals surface area contributed by atoms with Gasteiger partial charge in [-0.3, -0.25) is 0 Å². The van der Waals surface area contributed by atoms with Crippen molar-refractivity contribution in [1.82, 2.24) is 14.3 Å². The highest BCUT2D eigenvalue weighted by molar-refractivity contribution is 7.12. The molecular weight excluding hydrogens is 421 g/mol. The quantitative estimate of drug-likeness (QED) is 0.431. The van der Waals surface area contributed by atoms with Crippen molar-refractivity contribution in [2.75, 3.05) is 7.11 Å². The molecule has 11 heteroatoms. The molecule has 0 aliphatic rings. The normalized spacial score (nSPS) is 12.3. The molecule has 0 saturated carbocycles. The lowest BCUT2D eigenvalue weighted by atomic mass is 10.1. The SMILES string of the molecule is COc1nn(C)c(=O)n1-c1cc(C)sc1CO/N=C(/C)c1cccc(C(F)(F)F)c1. The van der Waals surface area contributed by atoms with Crippen LogP contribution in [-0.2, 0) is 24.7 Å². The molecule has 0 radical (unpaired) electrons. The Balaban J connectivity index is 1.84. The molecule has 0 saturated heterocycles. The second kappa shape index (κ2) is 8.34. The predicted molar refractivity (Wildman–Crippen MR) is 106 cm³/mol. The Morgan fingerprint density at radius 3 is 2.70 bits per heavy atom. The Hall–Kier alpha value is -3.08. The number of rotatable bonds is 6. The van der Waals surface area contributed by atoms with E-state index in [1.807, 2.05) is 6.92 Å². The largest absolute Gasteiger partial charge is 0.467 e. The van der Waals surface area contributed by atoms with Gasteiger partial charge in [-0.25, -0.2) is 14.0 Å². The number of ether oxygens (including phenoxy) is 1. The number of oxime groups is 1. The number of hydrogen-bond donors (Lipinski definition) is 0. The van der Waals surface area contributed by atoms with Crippen LogP contribution in [0.1, 0.15) is 27.8 Å². The van der Waals surface area contributed by atoms with Gasteiger partial charge in [-0.1, -0.05) is 17.3 Å². The number of halogens is 3. The number of aryl methyl sites for hydroxylation is 2. The number of aromatic nitrogens is 3. The van der Waals surface area contributed by atoms with Crippen molar-refractivity contribution in [2.24, 2.45) is 12.2 Å². The minimum atomic E-state index is -4.43. The van der Waals surface area contributed by atoms with Crippen LogP contribution in [0.4, 0.5) is 13.2 Å². The van der Waals surface area contributed by atoms with E-state index in [0.29, 0.717) is 21.8 Å². The van der Waals surface area contributed by atoms with Crippen molar-refractivity contribution in [2.45, 2.75) is 26.6 Å². The molecule has 3 aromatic rings. The van der Waals surface area contributed by atoms with E-state index in [0.717, 1.165) is 21.7 Å². The van der Waals surface area contributed by atoms with E-state index >= 15 is 0 Å². The lowest BCUT2D eigenvalue weighted by Crippen LogP contribution is -2.22. The van der Waals surface area contributed by atoms with Crippen molar-refractivity contribution in [3.63, 3.8) is 0 Å². The second-order valence-electron chi connectivity index (χ2n) is 6.42. The van der Waals surface area contributed by atoms with Gasteiger partial charge >= 0.3 is 17.9 Å². The molecule has 30 heavy (non-hydrogen) atoms. The van der Waals surface area contributed by atoms with Gasteiger partial charge in [-0.05, 0) is 37.6 Å². The summed E-state index contributed by atoms with van der Waals surface area (Å²) in [6.45, 7) is 3.46. The Labute approximate surface area is 174 Å². The van der Waals surface area contributed by atoms with Crippen molar-refractivity contribution in [3.8, 4) is 11.7 Å². The zero-order valence-corrected chi connectivity index (χ0v) is 17.5. The second-order valence-corrected chi connectivity index (χ2v) is 7.76. The molecule has 0 spiro atoms. The lowest BCUT2D eigenvalue weighted by molar-refractivity contribution is -0.137. The summed E-state index contributed by atoms with van der Waals surface area (Å²) in [7, 11) is 2.93.